The van der Waals surface area contributed by atoms with E-state index in [-0.39, 0.29) is 5.54 Å². The van der Waals surface area contributed by atoms with Crippen LogP contribution >= 0.6 is 11.6 Å². The van der Waals surface area contributed by atoms with Gasteiger partial charge in [-0.15, -0.1) is 0 Å². The molecule has 0 bridgehead atoms. The van der Waals surface area contributed by atoms with Gasteiger partial charge < -0.3 is 9.73 Å². The zero-order chi connectivity index (χ0) is 11.1. The van der Waals surface area contributed by atoms with Crippen LogP contribution in [-0.2, 0) is 5.54 Å². The van der Waals surface area contributed by atoms with Gasteiger partial charge >= 0.3 is 0 Å². The molecule has 3 nitrogen and oxygen atoms in total. The number of halogens is 1. The Bertz CT molecular complexity index is 490. The van der Waals surface area contributed by atoms with Crippen molar-refractivity contribution in [3.8, 4) is 0 Å². The van der Waals surface area contributed by atoms with E-state index in [9.17, 15) is 0 Å². The van der Waals surface area contributed by atoms with Crippen LogP contribution in [-0.4, -0.2) is 12.0 Å². The molecule has 2 rings (SSSR count). The van der Waals surface area contributed by atoms with E-state index in [0.29, 0.717) is 10.9 Å². The molecule has 4 heteroatoms. The molecule has 0 atom stereocenters. The van der Waals surface area contributed by atoms with Crippen LogP contribution in [0.15, 0.2) is 22.6 Å². The summed E-state index contributed by atoms with van der Waals surface area (Å²) in [4.78, 5) is 4.40. The number of rotatable bonds is 2. The van der Waals surface area contributed by atoms with E-state index in [1.165, 1.54) is 0 Å². The summed E-state index contributed by atoms with van der Waals surface area (Å²) in [7, 11) is 1.88. The minimum absolute atomic E-state index is 0.272. The highest BCUT2D eigenvalue weighted by Crippen LogP contribution is 2.25. The van der Waals surface area contributed by atoms with Gasteiger partial charge in [-0.3, -0.25) is 0 Å². The number of hydrogen-bond acceptors (Lipinski definition) is 3. The van der Waals surface area contributed by atoms with E-state index < -0.39 is 0 Å². The van der Waals surface area contributed by atoms with E-state index in [0.717, 1.165) is 11.1 Å². The number of benzene rings is 1. The van der Waals surface area contributed by atoms with Crippen LogP contribution in [0.5, 0.6) is 0 Å². The lowest BCUT2D eigenvalue weighted by atomic mass is 10.1. The molecule has 1 heterocycles. The lowest BCUT2D eigenvalue weighted by molar-refractivity contribution is 0.338. The molecule has 0 aliphatic heterocycles. The molecule has 15 heavy (non-hydrogen) atoms. The van der Waals surface area contributed by atoms with Crippen LogP contribution in [0.25, 0.3) is 11.1 Å². The monoisotopic (exact) mass is 224 g/mol. The van der Waals surface area contributed by atoms with Crippen molar-refractivity contribution in [2.24, 2.45) is 0 Å². The van der Waals surface area contributed by atoms with Crippen molar-refractivity contribution in [1.82, 2.24) is 10.3 Å². The molecule has 1 N–H and O–H groups in total. The van der Waals surface area contributed by atoms with E-state index in [1.807, 2.05) is 27.0 Å². The van der Waals surface area contributed by atoms with Crippen LogP contribution in [0.2, 0.25) is 5.02 Å². The lowest BCUT2D eigenvalue weighted by Crippen LogP contribution is -2.33. The van der Waals surface area contributed by atoms with E-state index in [4.69, 9.17) is 16.0 Å². The third kappa shape index (κ3) is 1.85. The third-order valence-electron chi connectivity index (χ3n) is 2.51. The first kappa shape index (κ1) is 10.5. The highest BCUT2D eigenvalue weighted by atomic mass is 35.5. The smallest absolute Gasteiger partial charge is 0.215 e. The normalized spacial score (nSPS) is 12.3. The molecule has 0 saturated carbocycles. The summed E-state index contributed by atoms with van der Waals surface area (Å²) < 4.78 is 5.65. The Balaban J connectivity index is 2.56. The van der Waals surface area contributed by atoms with Crippen molar-refractivity contribution in [2.45, 2.75) is 19.4 Å². The summed E-state index contributed by atoms with van der Waals surface area (Å²) in [6, 6.07) is 5.43. The molecule has 0 radical (unpaired) electrons. The second-order valence-electron chi connectivity index (χ2n) is 4.01. The second kappa shape index (κ2) is 3.51. The number of aromatic nitrogens is 1. The SMILES string of the molecule is CNC(C)(C)c1nc2cc(Cl)ccc2o1. The predicted molar refractivity (Wildman–Crippen MR) is 61.1 cm³/mol. The number of nitrogens with one attached hydrogen (secondary N) is 1. The topological polar surface area (TPSA) is 38.1 Å². The van der Waals surface area contributed by atoms with Crippen molar-refractivity contribution in [1.29, 1.82) is 0 Å². The van der Waals surface area contributed by atoms with Crippen molar-refractivity contribution < 1.29 is 4.42 Å². The zero-order valence-electron chi connectivity index (χ0n) is 8.97. The highest BCUT2D eigenvalue weighted by molar-refractivity contribution is 6.31. The van der Waals surface area contributed by atoms with Crippen molar-refractivity contribution in [2.75, 3.05) is 7.05 Å². The maximum Gasteiger partial charge on any atom is 0.215 e. The second-order valence-corrected chi connectivity index (χ2v) is 4.44. The molecule has 0 spiro atoms. The average molecular weight is 225 g/mol. The molecule has 0 amide bonds. The van der Waals surface area contributed by atoms with Gasteiger partial charge in [0, 0.05) is 5.02 Å². The Morgan fingerprint density at radius 2 is 2.13 bits per heavy atom. The summed E-state index contributed by atoms with van der Waals surface area (Å²) in [5.74, 6) is 0.669. The number of oxazole rings is 1. The number of hydrogen-bond donors (Lipinski definition) is 1. The molecule has 1 aromatic heterocycles. The van der Waals surface area contributed by atoms with E-state index in [2.05, 4.69) is 10.3 Å². The first-order valence-corrected chi connectivity index (χ1v) is 5.16. The quantitative estimate of drug-likeness (QED) is 0.853. The van der Waals surface area contributed by atoms with Crippen LogP contribution in [0.3, 0.4) is 0 Å². The van der Waals surface area contributed by atoms with Gasteiger partial charge in [-0.2, -0.15) is 0 Å². The maximum atomic E-state index is 5.88. The van der Waals surface area contributed by atoms with Gasteiger partial charge in [-0.05, 0) is 39.1 Å². The summed E-state index contributed by atoms with van der Waals surface area (Å²) in [6.45, 7) is 4.03. The van der Waals surface area contributed by atoms with Crippen LogP contribution in [0.1, 0.15) is 19.7 Å². The number of fused-ring (bicyclic) bond motifs is 1. The minimum atomic E-state index is -0.272. The van der Waals surface area contributed by atoms with Gasteiger partial charge in [-0.25, -0.2) is 4.98 Å². The van der Waals surface area contributed by atoms with Crippen LogP contribution < -0.4 is 5.32 Å². The lowest BCUT2D eigenvalue weighted by Gasteiger charge is -2.18. The molecule has 0 saturated heterocycles. The van der Waals surface area contributed by atoms with Gasteiger partial charge in [0.1, 0.15) is 5.52 Å². The summed E-state index contributed by atoms with van der Waals surface area (Å²) in [5, 5.41) is 3.81. The molecular weight excluding hydrogens is 212 g/mol. The minimum Gasteiger partial charge on any atom is -0.439 e. The molecule has 2 aromatic rings. The standard InChI is InChI=1S/C11H13ClN2O/c1-11(2,13-3)10-14-8-6-7(12)4-5-9(8)15-10/h4-6,13H,1-3H3. The largest absolute Gasteiger partial charge is 0.439 e. The van der Waals surface area contributed by atoms with Crippen LogP contribution in [0.4, 0.5) is 0 Å². The molecule has 0 unspecified atom stereocenters. The van der Waals surface area contributed by atoms with Crippen LogP contribution in [0, 0.1) is 0 Å². The number of nitrogens with zero attached hydrogens (tertiary/aromatic N) is 1. The predicted octanol–water partition coefficient (Wildman–Crippen LogP) is 2.94. The van der Waals surface area contributed by atoms with Crippen molar-refractivity contribution in [3.63, 3.8) is 0 Å². The van der Waals surface area contributed by atoms with Crippen molar-refractivity contribution >= 4 is 22.7 Å². The molecular formula is C11H13ClN2O. The third-order valence-corrected chi connectivity index (χ3v) is 2.74. The fourth-order valence-corrected chi connectivity index (χ4v) is 1.44. The summed E-state index contributed by atoms with van der Waals surface area (Å²) >= 11 is 5.88. The fourth-order valence-electron chi connectivity index (χ4n) is 1.27. The van der Waals surface area contributed by atoms with Crippen molar-refractivity contribution in [3.05, 3.63) is 29.1 Å². The average Bonchev–Trinajstić information content (AvgIpc) is 2.61. The maximum absolute atomic E-state index is 5.88. The molecule has 0 fully saturated rings. The van der Waals surface area contributed by atoms with Gasteiger partial charge in [-0.1, -0.05) is 11.6 Å². The molecule has 80 valence electrons. The Kier molecular flexibility index (Phi) is 2.44. The first-order valence-electron chi connectivity index (χ1n) is 4.78. The van der Waals surface area contributed by atoms with Gasteiger partial charge in [0.15, 0.2) is 5.58 Å². The Hall–Kier alpha value is -1.06. The molecule has 1 aromatic carbocycles. The highest BCUT2D eigenvalue weighted by Gasteiger charge is 2.24. The Morgan fingerprint density at radius 1 is 1.40 bits per heavy atom. The fraction of sp³-hybridized carbons (Fsp3) is 0.364. The van der Waals surface area contributed by atoms with Gasteiger partial charge in [0.25, 0.3) is 0 Å². The summed E-state index contributed by atoms with van der Waals surface area (Å²) in [5.41, 5.74) is 1.28. The Labute approximate surface area is 93.4 Å². The summed E-state index contributed by atoms with van der Waals surface area (Å²) in [6.07, 6.45) is 0. The zero-order valence-corrected chi connectivity index (χ0v) is 9.72. The first-order chi connectivity index (χ1) is 7.03. The van der Waals surface area contributed by atoms with E-state index >= 15 is 0 Å². The van der Waals surface area contributed by atoms with Gasteiger partial charge in [0.2, 0.25) is 5.89 Å². The molecule has 0 aliphatic rings. The van der Waals surface area contributed by atoms with Gasteiger partial charge in [0.05, 0.1) is 5.54 Å². The van der Waals surface area contributed by atoms with E-state index in [1.54, 1.807) is 12.1 Å². The Morgan fingerprint density at radius 3 is 2.80 bits per heavy atom. The molecule has 0 aliphatic carbocycles.